The van der Waals surface area contributed by atoms with Gasteiger partial charge >= 0.3 is 0 Å². The third-order valence-electron chi connectivity index (χ3n) is 3.92. The zero-order valence-electron chi connectivity index (χ0n) is 12.4. The summed E-state index contributed by atoms with van der Waals surface area (Å²) in [5.41, 5.74) is 0. The molecule has 0 heterocycles. The Morgan fingerprint density at radius 2 is 2.00 bits per heavy atom. The summed E-state index contributed by atoms with van der Waals surface area (Å²) in [4.78, 5) is 14.1. The Balaban J connectivity index is 1.95. The van der Waals surface area contributed by atoms with Gasteiger partial charge in [-0.15, -0.1) is 0 Å². The Bertz CT molecular complexity index is 504. The Kier molecular flexibility index (Phi) is 6.80. The number of ether oxygens (including phenoxy) is 1. The quantitative estimate of drug-likeness (QED) is 0.857. The summed E-state index contributed by atoms with van der Waals surface area (Å²) in [6, 6.07) is 5.10. The summed E-state index contributed by atoms with van der Waals surface area (Å²) >= 11 is 11.9. The molecule has 0 saturated heterocycles. The normalized spacial score (nSPS) is 15.6. The molecule has 1 fully saturated rings. The molecular weight excluding hydrogens is 325 g/mol. The van der Waals surface area contributed by atoms with E-state index >= 15 is 0 Å². The number of aliphatic hydroxyl groups excluding tert-OH is 1. The lowest BCUT2D eigenvalue weighted by molar-refractivity contribution is -0.137. The molecule has 4 nitrogen and oxygen atoms in total. The van der Waals surface area contributed by atoms with Crippen molar-refractivity contribution in [2.24, 2.45) is 0 Å². The van der Waals surface area contributed by atoms with E-state index in [1.807, 2.05) is 0 Å². The number of carbonyl (C=O) groups is 1. The van der Waals surface area contributed by atoms with Gasteiger partial charge in [-0.05, 0) is 31.0 Å². The minimum atomic E-state index is -0.119. The van der Waals surface area contributed by atoms with Gasteiger partial charge in [0.15, 0.2) is 6.61 Å². The van der Waals surface area contributed by atoms with Gasteiger partial charge in [-0.2, -0.15) is 0 Å². The third-order valence-corrected chi connectivity index (χ3v) is 4.45. The van der Waals surface area contributed by atoms with Gasteiger partial charge in [0.2, 0.25) is 0 Å². The molecule has 1 aromatic rings. The molecule has 0 spiro atoms. The predicted octanol–water partition coefficient (Wildman–Crippen LogP) is 3.53. The molecule has 1 aliphatic carbocycles. The lowest BCUT2D eigenvalue weighted by Crippen LogP contribution is -2.45. The van der Waals surface area contributed by atoms with E-state index < -0.39 is 0 Å². The van der Waals surface area contributed by atoms with Crippen molar-refractivity contribution in [3.63, 3.8) is 0 Å². The molecule has 0 radical (unpaired) electrons. The highest BCUT2D eigenvalue weighted by atomic mass is 35.5. The lowest BCUT2D eigenvalue weighted by atomic mass is 9.94. The number of rotatable bonds is 6. The number of aliphatic hydroxyl groups is 1. The summed E-state index contributed by atoms with van der Waals surface area (Å²) < 4.78 is 5.51. The zero-order chi connectivity index (χ0) is 15.9. The molecule has 0 aromatic heterocycles. The number of benzene rings is 1. The van der Waals surface area contributed by atoms with Crippen LogP contribution in [0, 0.1) is 0 Å². The maximum atomic E-state index is 12.4. The van der Waals surface area contributed by atoms with Crippen molar-refractivity contribution in [2.45, 2.75) is 38.1 Å². The van der Waals surface area contributed by atoms with Crippen LogP contribution in [-0.2, 0) is 4.79 Å². The molecule has 0 unspecified atom stereocenters. The lowest BCUT2D eigenvalue weighted by Gasteiger charge is -2.34. The van der Waals surface area contributed by atoms with Gasteiger partial charge in [0.25, 0.3) is 5.91 Å². The van der Waals surface area contributed by atoms with Gasteiger partial charge in [0, 0.05) is 17.6 Å². The second-order valence-electron chi connectivity index (χ2n) is 5.47. The first-order chi connectivity index (χ1) is 10.6. The third kappa shape index (κ3) is 4.77. The first-order valence-corrected chi connectivity index (χ1v) is 8.35. The summed E-state index contributed by atoms with van der Waals surface area (Å²) in [7, 11) is 0. The highest BCUT2D eigenvalue weighted by Crippen LogP contribution is 2.28. The van der Waals surface area contributed by atoms with E-state index in [0.717, 1.165) is 25.7 Å². The first kappa shape index (κ1) is 17.4. The summed E-state index contributed by atoms with van der Waals surface area (Å²) in [6.45, 7) is 0.225. The molecule has 6 heteroatoms. The number of nitrogens with zero attached hydrogens (tertiary/aromatic N) is 1. The topological polar surface area (TPSA) is 49.8 Å². The molecule has 1 aliphatic rings. The minimum absolute atomic E-state index is 0.0378. The van der Waals surface area contributed by atoms with Crippen LogP contribution in [0.2, 0.25) is 10.0 Å². The van der Waals surface area contributed by atoms with Crippen molar-refractivity contribution in [1.82, 2.24) is 4.90 Å². The summed E-state index contributed by atoms with van der Waals surface area (Å²) in [5.74, 6) is 0.318. The van der Waals surface area contributed by atoms with Crippen molar-refractivity contribution >= 4 is 29.1 Å². The molecule has 1 N–H and O–H groups in total. The SMILES string of the molecule is O=C(COc1ccc(Cl)cc1Cl)N(CCO)C1CCCCC1. The molecule has 122 valence electrons. The molecule has 0 aliphatic heterocycles. The van der Waals surface area contributed by atoms with E-state index in [9.17, 15) is 9.90 Å². The van der Waals surface area contributed by atoms with Crippen LogP contribution in [0.15, 0.2) is 18.2 Å². The smallest absolute Gasteiger partial charge is 0.260 e. The van der Waals surface area contributed by atoms with E-state index in [1.54, 1.807) is 23.1 Å². The van der Waals surface area contributed by atoms with Crippen molar-refractivity contribution < 1.29 is 14.6 Å². The largest absolute Gasteiger partial charge is 0.482 e. The fourth-order valence-corrected chi connectivity index (χ4v) is 3.29. The zero-order valence-corrected chi connectivity index (χ0v) is 13.9. The van der Waals surface area contributed by atoms with Gasteiger partial charge in [-0.1, -0.05) is 42.5 Å². The Hall–Kier alpha value is -0.970. The maximum absolute atomic E-state index is 12.4. The van der Waals surface area contributed by atoms with Crippen LogP contribution >= 0.6 is 23.2 Å². The molecular formula is C16H21Cl2NO3. The highest BCUT2D eigenvalue weighted by Gasteiger charge is 2.25. The van der Waals surface area contributed by atoms with Gasteiger partial charge in [-0.25, -0.2) is 0 Å². The monoisotopic (exact) mass is 345 g/mol. The molecule has 0 bridgehead atoms. The van der Waals surface area contributed by atoms with E-state index in [-0.39, 0.29) is 25.2 Å². The number of halogens is 2. The fraction of sp³-hybridized carbons (Fsp3) is 0.562. The van der Waals surface area contributed by atoms with Crippen molar-refractivity contribution in [1.29, 1.82) is 0 Å². The van der Waals surface area contributed by atoms with Crippen LogP contribution in [0.5, 0.6) is 5.75 Å². The average Bonchev–Trinajstić information content (AvgIpc) is 2.52. The van der Waals surface area contributed by atoms with Gasteiger partial charge in [0.1, 0.15) is 5.75 Å². The second kappa shape index (κ2) is 8.61. The van der Waals surface area contributed by atoms with Crippen LogP contribution in [0.3, 0.4) is 0 Å². The fourth-order valence-electron chi connectivity index (χ4n) is 2.83. The predicted molar refractivity (Wildman–Crippen MR) is 87.6 cm³/mol. The molecule has 1 amide bonds. The van der Waals surface area contributed by atoms with Crippen LogP contribution in [0.25, 0.3) is 0 Å². The van der Waals surface area contributed by atoms with Gasteiger partial charge in [-0.3, -0.25) is 4.79 Å². The highest BCUT2D eigenvalue weighted by molar-refractivity contribution is 6.35. The van der Waals surface area contributed by atoms with Crippen LogP contribution < -0.4 is 4.74 Å². The van der Waals surface area contributed by atoms with Crippen molar-refractivity contribution in [3.05, 3.63) is 28.2 Å². The molecule has 1 aromatic carbocycles. The Labute approximate surface area is 141 Å². The van der Waals surface area contributed by atoms with Crippen molar-refractivity contribution in [2.75, 3.05) is 19.8 Å². The van der Waals surface area contributed by atoms with E-state index in [2.05, 4.69) is 0 Å². The van der Waals surface area contributed by atoms with Crippen LogP contribution in [0.1, 0.15) is 32.1 Å². The number of amides is 1. The van der Waals surface area contributed by atoms with E-state index in [1.165, 1.54) is 6.42 Å². The van der Waals surface area contributed by atoms with E-state index in [4.69, 9.17) is 27.9 Å². The van der Waals surface area contributed by atoms with Crippen molar-refractivity contribution in [3.8, 4) is 5.75 Å². The Morgan fingerprint density at radius 1 is 1.27 bits per heavy atom. The Morgan fingerprint density at radius 3 is 2.64 bits per heavy atom. The molecule has 0 atom stereocenters. The molecule has 1 saturated carbocycles. The molecule has 22 heavy (non-hydrogen) atoms. The average molecular weight is 346 g/mol. The summed E-state index contributed by atoms with van der Waals surface area (Å²) in [5, 5.41) is 10.1. The standard InChI is InChI=1S/C16H21Cl2NO3/c17-12-6-7-15(14(18)10-12)22-11-16(21)19(8-9-20)13-4-2-1-3-5-13/h6-7,10,13,20H,1-5,8-9,11H2. The number of hydrogen-bond donors (Lipinski definition) is 1. The van der Waals surface area contributed by atoms with Crippen LogP contribution in [0.4, 0.5) is 0 Å². The minimum Gasteiger partial charge on any atom is -0.482 e. The van der Waals surface area contributed by atoms with Gasteiger partial charge in [0.05, 0.1) is 11.6 Å². The molecule has 2 rings (SSSR count). The van der Waals surface area contributed by atoms with Gasteiger partial charge < -0.3 is 14.7 Å². The number of hydrogen-bond acceptors (Lipinski definition) is 3. The van der Waals surface area contributed by atoms with Crippen LogP contribution in [-0.4, -0.2) is 41.7 Å². The first-order valence-electron chi connectivity index (χ1n) is 7.60. The van der Waals surface area contributed by atoms with E-state index in [0.29, 0.717) is 22.3 Å². The number of carbonyl (C=O) groups excluding carboxylic acids is 1. The summed E-state index contributed by atoms with van der Waals surface area (Å²) in [6.07, 6.45) is 5.46. The maximum Gasteiger partial charge on any atom is 0.260 e. The second-order valence-corrected chi connectivity index (χ2v) is 6.31.